The number of aromatic nitrogens is 10. The number of imidazole rings is 2. The number of benzene rings is 2. The Morgan fingerprint density at radius 3 is 1.19 bits per heavy atom. The van der Waals surface area contributed by atoms with E-state index in [4.69, 9.17) is 0 Å². The number of aryl methyl sites for hydroxylation is 2. The second kappa shape index (κ2) is 20.8. The number of alkyl halides is 6. The van der Waals surface area contributed by atoms with Gasteiger partial charge in [0.2, 0.25) is 0 Å². The van der Waals surface area contributed by atoms with E-state index in [1.807, 2.05) is 108 Å². The van der Waals surface area contributed by atoms with Crippen LogP contribution in [0.3, 0.4) is 0 Å². The van der Waals surface area contributed by atoms with E-state index in [9.17, 15) is 26.3 Å². The van der Waals surface area contributed by atoms with Gasteiger partial charge < -0.3 is 29.5 Å². The summed E-state index contributed by atoms with van der Waals surface area (Å²) in [5, 5.41) is 13.7. The summed E-state index contributed by atoms with van der Waals surface area (Å²) in [6.07, 6.45) is 3.32. The van der Waals surface area contributed by atoms with Gasteiger partial charge in [0.1, 0.15) is 11.4 Å². The first-order valence-corrected chi connectivity index (χ1v) is 19.7. The maximum atomic E-state index is 12.7. The first-order valence-electron chi connectivity index (χ1n) is 19.7. The van der Waals surface area contributed by atoms with E-state index in [1.54, 1.807) is 24.8 Å². The van der Waals surface area contributed by atoms with Crippen LogP contribution in [0.5, 0.6) is 0 Å². The molecular weight excluding hydrogens is 997 g/mol. The fraction of sp³-hybridized carbons (Fsp3) is 0.261. The number of hydrogen-bond acceptors (Lipinski definition) is 6. The average molecular weight is 1040 g/mol. The predicted octanol–water partition coefficient (Wildman–Crippen LogP) is 10.8. The van der Waals surface area contributed by atoms with Gasteiger partial charge in [-0.1, -0.05) is 99.7 Å². The van der Waals surface area contributed by atoms with Crippen LogP contribution in [-0.4, -0.2) is 39.3 Å². The SMILES string of the molecule is CC(C)Cc1cc(-c2cc(C(F)(F)F)n[n-]2)ncc1-c1ccccc1.CC(C)Cc1cc(-c2cc(C(F)(F)F)n[n-]2)ncc1-c1ccccc1.Cn1ccnc1-c1nccn1C.[Os+2]. The minimum Gasteiger partial charge on any atom is -0.573 e. The van der Waals surface area contributed by atoms with E-state index < -0.39 is 23.7 Å². The van der Waals surface area contributed by atoms with Crippen molar-refractivity contribution in [2.45, 2.75) is 52.9 Å². The monoisotopic (exact) mass is 1040 g/mol. The first-order chi connectivity index (χ1) is 29.5. The van der Waals surface area contributed by atoms with Crippen LogP contribution in [0.1, 0.15) is 50.2 Å². The van der Waals surface area contributed by atoms with Crippen LogP contribution < -0.4 is 10.2 Å². The molecule has 0 unspecified atom stereocenters. The molecule has 0 spiro atoms. The summed E-state index contributed by atoms with van der Waals surface area (Å²) in [6.45, 7) is 8.38. The van der Waals surface area contributed by atoms with Crippen molar-refractivity contribution in [2.75, 3.05) is 0 Å². The molecule has 6 heterocycles. The predicted molar refractivity (Wildman–Crippen MR) is 225 cm³/mol. The minimum absolute atomic E-state index is 0. The third kappa shape index (κ3) is 12.5. The molecule has 0 amide bonds. The Kier molecular flexibility index (Phi) is 15.8. The third-order valence-corrected chi connectivity index (χ3v) is 9.43. The van der Waals surface area contributed by atoms with Crippen LogP contribution in [0, 0.1) is 11.8 Å². The maximum Gasteiger partial charge on any atom is 2.00 e. The maximum absolute atomic E-state index is 12.7. The number of hydrogen-bond donors (Lipinski definition) is 0. The van der Waals surface area contributed by atoms with Gasteiger partial charge in [0.25, 0.3) is 0 Å². The molecule has 0 atom stereocenters. The molecule has 17 heteroatoms. The van der Waals surface area contributed by atoms with Gasteiger partial charge in [0.15, 0.2) is 11.6 Å². The van der Waals surface area contributed by atoms with Crippen LogP contribution in [0.4, 0.5) is 26.3 Å². The molecule has 2 aromatic carbocycles. The zero-order chi connectivity index (χ0) is 44.6. The van der Waals surface area contributed by atoms with Gasteiger partial charge in [-0.15, -0.1) is 0 Å². The molecule has 0 aliphatic heterocycles. The van der Waals surface area contributed by atoms with Crippen LogP contribution in [0.25, 0.3) is 56.7 Å². The van der Waals surface area contributed by atoms with E-state index in [1.165, 1.54) is 0 Å². The van der Waals surface area contributed by atoms with Crippen LogP contribution in [0.15, 0.2) is 122 Å². The standard InChI is InChI=1S/2C19H17F3N3.C8H10N4.Os/c2*1-12(2)8-14-9-16(17-10-18(25-24-17)19(20,21)22)23-11-15(14)13-6-4-3-5-7-13;1-11-5-3-9-7(11)8-10-4-6-12(8)2;/h2*3-7,9-12H,8H2,1-2H3;3-6H,1-2H3;/q2*-1;;+2. The zero-order valence-corrected chi connectivity index (χ0v) is 37.7. The molecule has 8 rings (SSSR count). The van der Waals surface area contributed by atoms with Crippen molar-refractivity contribution >= 4 is 0 Å². The fourth-order valence-corrected chi connectivity index (χ4v) is 6.53. The van der Waals surface area contributed by atoms with Gasteiger partial charge in [-0.25, -0.2) is 9.97 Å². The van der Waals surface area contributed by atoms with Crippen molar-refractivity contribution in [3.63, 3.8) is 0 Å². The molecule has 0 saturated heterocycles. The summed E-state index contributed by atoms with van der Waals surface area (Å²) >= 11 is 0. The molecule has 0 aliphatic rings. The summed E-state index contributed by atoms with van der Waals surface area (Å²) in [4.78, 5) is 17.0. The topological polar surface area (TPSA) is 115 Å². The second-order valence-corrected chi connectivity index (χ2v) is 15.3. The molecule has 0 bridgehead atoms. The Bertz CT molecular complexity index is 2480. The van der Waals surface area contributed by atoms with Crippen molar-refractivity contribution in [1.82, 2.24) is 49.5 Å². The second-order valence-electron chi connectivity index (χ2n) is 15.3. The van der Waals surface area contributed by atoms with Gasteiger partial charge in [0.05, 0.1) is 0 Å². The van der Waals surface area contributed by atoms with Gasteiger partial charge in [0, 0.05) is 73.8 Å². The number of pyridine rings is 2. The quantitative estimate of drug-likeness (QED) is 0.131. The minimum atomic E-state index is -4.50. The number of halogens is 6. The summed E-state index contributed by atoms with van der Waals surface area (Å²) in [5.74, 6) is 2.58. The average Bonchev–Trinajstić information content (AvgIpc) is 4.07. The van der Waals surface area contributed by atoms with Crippen molar-refractivity contribution in [3.8, 4) is 56.7 Å². The third-order valence-electron chi connectivity index (χ3n) is 9.43. The summed E-state index contributed by atoms with van der Waals surface area (Å²) < 4.78 is 80.3. The van der Waals surface area contributed by atoms with Crippen LogP contribution >= 0.6 is 0 Å². The molecule has 6 aromatic heterocycles. The van der Waals surface area contributed by atoms with Gasteiger partial charge >= 0.3 is 32.1 Å². The van der Waals surface area contributed by atoms with Crippen molar-refractivity contribution in [2.24, 2.45) is 25.9 Å². The van der Waals surface area contributed by atoms with Crippen molar-refractivity contribution < 1.29 is 46.1 Å². The van der Waals surface area contributed by atoms with Crippen molar-refractivity contribution in [3.05, 3.63) is 145 Å². The van der Waals surface area contributed by atoms with Gasteiger partial charge in [-0.3, -0.25) is 9.97 Å². The van der Waals surface area contributed by atoms with Gasteiger partial charge in [-0.05, 0) is 71.2 Å². The Labute approximate surface area is 374 Å². The van der Waals surface area contributed by atoms with Crippen LogP contribution in [-0.2, 0) is 59.1 Å². The van der Waals surface area contributed by atoms with Gasteiger partial charge in [-0.2, -0.15) is 26.3 Å². The molecule has 63 heavy (non-hydrogen) atoms. The van der Waals surface area contributed by atoms with Crippen LogP contribution in [0.2, 0.25) is 0 Å². The number of rotatable bonds is 9. The first kappa shape index (κ1) is 47.8. The fourth-order valence-electron chi connectivity index (χ4n) is 6.53. The molecule has 0 N–H and O–H groups in total. The van der Waals surface area contributed by atoms with E-state index in [0.29, 0.717) is 23.2 Å². The summed E-state index contributed by atoms with van der Waals surface area (Å²) in [5.41, 5.74) is 5.16. The Morgan fingerprint density at radius 1 is 0.540 bits per heavy atom. The van der Waals surface area contributed by atoms with E-state index in [2.05, 4.69) is 68.0 Å². The van der Waals surface area contributed by atoms with E-state index in [-0.39, 0.29) is 31.2 Å². The normalized spacial score (nSPS) is 11.5. The molecule has 0 radical (unpaired) electrons. The summed E-state index contributed by atoms with van der Waals surface area (Å²) in [6, 6.07) is 25.1. The molecule has 328 valence electrons. The Morgan fingerprint density at radius 2 is 0.905 bits per heavy atom. The molecule has 0 fully saturated rings. The Balaban J connectivity index is 0.000000187. The molecule has 0 aliphatic carbocycles. The largest absolute Gasteiger partial charge is 2.00 e. The zero-order valence-electron chi connectivity index (χ0n) is 35.2. The molecule has 0 saturated carbocycles. The van der Waals surface area contributed by atoms with E-state index in [0.717, 1.165) is 70.0 Å². The molecule has 10 nitrogen and oxygen atoms in total. The molecular formula is C46H44F6N10Os. The Hall–Kier alpha value is -6.20. The molecule has 8 aromatic rings. The number of nitrogens with zero attached hydrogens (tertiary/aromatic N) is 10. The smallest absolute Gasteiger partial charge is 0.573 e. The van der Waals surface area contributed by atoms with E-state index >= 15 is 0 Å². The van der Waals surface area contributed by atoms with Crippen molar-refractivity contribution in [1.29, 1.82) is 0 Å². The summed E-state index contributed by atoms with van der Waals surface area (Å²) in [7, 11) is 3.91.